The number of esters is 1. The third-order valence-corrected chi connectivity index (χ3v) is 6.01. The van der Waals surface area contributed by atoms with Crippen LogP contribution in [0.3, 0.4) is 0 Å². The molecule has 2 aromatic heterocycles. The molecule has 0 saturated heterocycles. The first kappa shape index (κ1) is 18.8. The van der Waals surface area contributed by atoms with Gasteiger partial charge in [-0.3, -0.25) is 9.71 Å². The highest BCUT2D eigenvalue weighted by Gasteiger charge is 2.24. The molecule has 0 aliphatic carbocycles. The number of ether oxygens (including phenoxy) is 1. The predicted octanol–water partition coefficient (Wildman–Crippen LogP) is 3.90. The molecule has 3 rings (SSSR count). The smallest absolute Gasteiger partial charge is 0.349 e. The predicted molar refractivity (Wildman–Crippen MR) is 106 cm³/mol. The number of thiophene rings is 1. The van der Waals surface area contributed by atoms with Crippen LogP contribution in [0.1, 0.15) is 20.9 Å². The van der Waals surface area contributed by atoms with Crippen molar-refractivity contribution in [2.24, 2.45) is 0 Å². The van der Waals surface area contributed by atoms with Gasteiger partial charge in [-0.25, -0.2) is 13.2 Å². The summed E-state index contributed by atoms with van der Waals surface area (Å²) >= 11 is 1.02. The van der Waals surface area contributed by atoms with Gasteiger partial charge in [0, 0.05) is 11.9 Å². The molecule has 8 heteroatoms. The molecule has 0 bridgehead atoms. The molecule has 0 saturated carbocycles. The molecule has 27 heavy (non-hydrogen) atoms. The number of anilines is 1. The highest BCUT2D eigenvalue weighted by atomic mass is 32.2. The highest BCUT2D eigenvalue weighted by molar-refractivity contribution is 7.93. The van der Waals surface area contributed by atoms with Gasteiger partial charge in [0.15, 0.2) is 0 Å². The van der Waals surface area contributed by atoms with Gasteiger partial charge in [-0.05, 0) is 47.4 Å². The third-order valence-electron chi connectivity index (χ3n) is 3.56. The quantitative estimate of drug-likeness (QED) is 0.634. The summed E-state index contributed by atoms with van der Waals surface area (Å²) in [5.74, 6) is -0.683. The lowest BCUT2D eigenvalue weighted by molar-refractivity contribution is 0.0602. The van der Waals surface area contributed by atoms with E-state index in [1.54, 1.807) is 24.4 Å². The van der Waals surface area contributed by atoms with E-state index in [0.717, 1.165) is 22.6 Å². The average molecular weight is 400 g/mol. The van der Waals surface area contributed by atoms with Gasteiger partial charge in [0.2, 0.25) is 0 Å². The van der Waals surface area contributed by atoms with E-state index in [4.69, 9.17) is 0 Å². The zero-order valence-corrected chi connectivity index (χ0v) is 16.0. The summed E-state index contributed by atoms with van der Waals surface area (Å²) in [6, 6.07) is 13.9. The molecule has 0 amide bonds. The molecule has 0 radical (unpaired) electrons. The summed E-state index contributed by atoms with van der Waals surface area (Å²) in [6.07, 6.45) is 5.37. The van der Waals surface area contributed by atoms with Crippen LogP contribution in [-0.2, 0) is 14.8 Å². The summed E-state index contributed by atoms with van der Waals surface area (Å²) in [5.41, 5.74) is 1.99. The Balaban J connectivity index is 1.83. The van der Waals surface area contributed by atoms with E-state index < -0.39 is 16.0 Å². The van der Waals surface area contributed by atoms with Crippen LogP contribution < -0.4 is 4.72 Å². The van der Waals surface area contributed by atoms with Crippen molar-refractivity contribution < 1.29 is 17.9 Å². The zero-order chi connectivity index (χ0) is 19.3. The number of rotatable bonds is 6. The topological polar surface area (TPSA) is 85.4 Å². The Bertz CT molecular complexity index is 1070. The molecule has 2 heterocycles. The lowest BCUT2D eigenvalue weighted by atomic mass is 10.2. The molecular formula is C19H16N2O4S2. The minimum absolute atomic E-state index is 0.0382. The molecular weight excluding hydrogens is 384 g/mol. The molecule has 0 aliphatic heterocycles. The van der Waals surface area contributed by atoms with Crippen molar-refractivity contribution in [3.63, 3.8) is 0 Å². The number of nitrogens with zero attached hydrogens (tertiary/aromatic N) is 1. The molecule has 0 fully saturated rings. The SMILES string of the molecule is COC(=O)c1sccc1S(=O)(=O)Nc1cccc(/C=C/c2ccccn2)c1. The molecule has 3 aromatic rings. The molecule has 0 unspecified atom stereocenters. The number of benzene rings is 1. The lowest BCUT2D eigenvalue weighted by Crippen LogP contribution is -2.15. The maximum Gasteiger partial charge on any atom is 0.349 e. The lowest BCUT2D eigenvalue weighted by Gasteiger charge is -2.09. The largest absolute Gasteiger partial charge is 0.465 e. The molecule has 0 atom stereocenters. The summed E-state index contributed by atoms with van der Waals surface area (Å²) < 4.78 is 32.4. The van der Waals surface area contributed by atoms with Gasteiger partial charge in [-0.15, -0.1) is 11.3 Å². The third kappa shape index (κ3) is 4.60. The minimum Gasteiger partial charge on any atom is -0.465 e. The zero-order valence-electron chi connectivity index (χ0n) is 14.3. The molecule has 1 aromatic carbocycles. The second-order valence-electron chi connectivity index (χ2n) is 5.42. The summed E-state index contributed by atoms with van der Waals surface area (Å²) in [4.78, 5) is 15.9. The van der Waals surface area contributed by atoms with Gasteiger partial charge < -0.3 is 4.74 Å². The number of carbonyl (C=O) groups excluding carboxylic acids is 1. The van der Waals surface area contributed by atoms with Crippen LogP contribution in [0.5, 0.6) is 0 Å². The van der Waals surface area contributed by atoms with Gasteiger partial charge in [0.05, 0.1) is 12.8 Å². The first-order valence-corrected chi connectivity index (χ1v) is 10.2. The number of nitrogens with one attached hydrogen (secondary N) is 1. The normalized spacial score (nSPS) is 11.4. The standard InChI is InChI=1S/C19H16N2O4S2/c1-25-19(22)18-17(10-12-26-18)27(23,24)21-16-7-4-5-14(13-16)8-9-15-6-2-3-11-20-15/h2-13,21H,1H3/b9-8+. The maximum absolute atomic E-state index is 12.7. The molecule has 6 nitrogen and oxygen atoms in total. The molecule has 138 valence electrons. The average Bonchev–Trinajstić information content (AvgIpc) is 3.17. The Morgan fingerprint density at radius 2 is 2.00 bits per heavy atom. The van der Waals surface area contributed by atoms with E-state index in [-0.39, 0.29) is 9.77 Å². The van der Waals surface area contributed by atoms with Crippen molar-refractivity contribution in [1.82, 2.24) is 4.98 Å². The minimum atomic E-state index is -3.92. The number of hydrogen-bond donors (Lipinski definition) is 1. The van der Waals surface area contributed by atoms with E-state index >= 15 is 0 Å². The van der Waals surface area contributed by atoms with Crippen molar-refractivity contribution in [1.29, 1.82) is 0 Å². The monoisotopic (exact) mass is 400 g/mol. The van der Waals surface area contributed by atoms with Gasteiger partial charge in [-0.2, -0.15) is 0 Å². The molecule has 1 N–H and O–H groups in total. The van der Waals surface area contributed by atoms with Crippen LogP contribution >= 0.6 is 11.3 Å². The Morgan fingerprint density at radius 3 is 2.74 bits per heavy atom. The van der Waals surface area contributed by atoms with E-state index in [9.17, 15) is 13.2 Å². The van der Waals surface area contributed by atoms with Crippen molar-refractivity contribution in [2.75, 3.05) is 11.8 Å². The van der Waals surface area contributed by atoms with Crippen molar-refractivity contribution in [3.8, 4) is 0 Å². The van der Waals surface area contributed by atoms with Gasteiger partial charge in [0.1, 0.15) is 9.77 Å². The van der Waals surface area contributed by atoms with Crippen LogP contribution in [0.2, 0.25) is 0 Å². The second kappa shape index (κ2) is 8.15. The van der Waals surface area contributed by atoms with E-state index in [2.05, 4.69) is 14.4 Å². The fourth-order valence-electron chi connectivity index (χ4n) is 2.32. The van der Waals surface area contributed by atoms with Crippen molar-refractivity contribution >= 4 is 45.2 Å². The van der Waals surface area contributed by atoms with Gasteiger partial charge in [0.25, 0.3) is 10.0 Å². The first-order chi connectivity index (χ1) is 13.0. The maximum atomic E-state index is 12.7. The Labute approximate surface area is 161 Å². The van der Waals surface area contributed by atoms with E-state index in [1.165, 1.54) is 18.6 Å². The van der Waals surface area contributed by atoms with Crippen LogP contribution in [-0.4, -0.2) is 26.5 Å². The fraction of sp³-hybridized carbons (Fsp3) is 0.0526. The van der Waals surface area contributed by atoms with Crippen LogP contribution in [0.25, 0.3) is 12.2 Å². The van der Waals surface area contributed by atoms with Crippen LogP contribution in [0.15, 0.2) is 65.0 Å². The Morgan fingerprint density at radius 1 is 1.15 bits per heavy atom. The molecule has 0 spiro atoms. The Hall–Kier alpha value is -2.97. The molecule has 0 aliphatic rings. The van der Waals surface area contributed by atoms with E-state index in [1.807, 2.05) is 36.4 Å². The highest BCUT2D eigenvalue weighted by Crippen LogP contribution is 2.25. The number of methoxy groups -OCH3 is 1. The number of aromatic nitrogens is 1. The number of pyridine rings is 1. The first-order valence-electron chi connectivity index (χ1n) is 7.87. The van der Waals surface area contributed by atoms with E-state index in [0.29, 0.717) is 5.69 Å². The number of sulfonamides is 1. The van der Waals surface area contributed by atoms with Crippen molar-refractivity contribution in [3.05, 3.63) is 76.2 Å². The van der Waals surface area contributed by atoms with Crippen LogP contribution in [0.4, 0.5) is 5.69 Å². The number of carbonyl (C=O) groups is 1. The summed E-state index contributed by atoms with van der Waals surface area (Å²) in [5, 5.41) is 1.53. The summed E-state index contributed by atoms with van der Waals surface area (Å²) in [6.45, 7) is 0. The van der Waals surface area contributed by atoms with Gasteiger partial charge >= 0.3 is 5.97 Å². The van der Waals surface area contributed by atoms with Crippen molar-refractivity contribution in [2.45, 2.75) is 4.90 Å². The number of hydrogen-bond acceptors (Lipinski definition) is 6. The van der Waals surface area contributed by atoms with Gasteiger partial charge in [-0.1, -0.05) is 24.3 Å². The Kier molecular flexibility index (Phi) is 5.68. The second-order valence-corrected chi connectivity index (χ2v) is 7.99. The van der Waals surface area contributed by atoms with Crippen LogP contribution in [0, 0.1) is 0 Å². The summed E-state index contributed by atoms with van der Waals surface area (Å²) in [7, 11) is -2.70. The fourth-order valence-corrected chi connectivity index (χ4v) is 4.71.